The van der Waals surface area contributed by atoms with Gasteiger partial charge in [0.25, 0.3) is 5.91 Å². The van der Waals surface area contributed by atoms with Crippen LogP contribution < -0.4 is 9.47 Å². The molecule has 30 heavy (non-hydrogen) atoms. The fourth-order valence-corrected chi connectivity index (χ4v) is 4.11. The number of hydrogen-bond acceptors (Lipinski definition) is 4. The Hall–Kier alpha value is -2.73. The molecule has 1 saturated heterocycles. The number of rotatable bonds is 4. The van der Waals surface area contributed by atoms with Gasteiger partial charge in [-0.1, -0.05) is 17.7 Å². The van der Waals surface area contributed by atoms with Gasteiger partial charge in [-0.15, -0.1) is 0 Å². The molecule has 0 spiro atoms. The molecule has 7 heteroatoms. The number of fused-ring (bicyclic) bond motifs is 1. The van der Waals surface area contributed by atoms with Crippen molar-refractivity contribution in [2.24, 2.45) is 5.92 Å². The highest BCUT2D eigenvalue weighted by atomic mass is 35.5. The first kappa shape index (κ1) is 20.5. The number of amides is 2. The zero-order valence-electron chi connectivity index (χ0n) is 17.0. The Balaban J connectivity index is 1.38. The zero-order chi connectivity index (χ0) is 21.1. The Bertz CT molecular complexity index is 931. The number of nitrogens with zero attached hydrogens (tertiary/aromatic N) is 2. The molecule has 4 rings (SSSR count). The predicted molar refractivity (Wildman–Crippen MR) is 114 cm³/mol. The molecule has 6 nitrogen and oxygen atoms in total. The first-order valence-electron chi connectivity index (χ1n) is 10.2. The molecule has 0 aromatic heterocycles. The van der Waals surface area contributed by atoms with Gasteiger partial charge < -0.3 is 19.3 Å². The SMILES string of the molecule is CN(Cc1ccc2c(c1)OCCO2)C(=O)C1CCCN(C(=O)c2ccc(Cl)cc2)C1. The summed E-state index contributed by atoms with van der Waals surface area (Å²) < 4.78 is 11.2. The maximum absolute atomic E-state index is 13.1. The lowest BCUT2D eigenvalue weighted by atomic mass is 9.95. The summed E-state index contributed by atoms with van der Waals surface area (Å²) in [5.41, 5.74) is 1.58. The summed E-state index contributed by atoms with van der Waals surface area (Å²) in [5.74, 6) is 1.26. The molecular formula is C23H25ClN2O4. The van der Waals surface area contributed by atoms with E-state index in [4.69, 9.17) is 21.1 Å². The van der Waals surface area contributed by atoms with Gasteiger partial charge in [0.1, 0.15) is 13.2 Å². The third-order valence-electron chi connectivity index (χ3n) is 5.55. The van der Waals surface area contributed by atoms with Crippen molar-refractivity contribution in [3.05, 3.63) is 58.6 Å². The largest absolute Gasteiger partial charge is 0.486 e. The summed E-state index contributed by atoms with van der Waals surface area (Å²) in [4.78, 5) is 29.4. The molecule has 0 radical (unpaired) electrons. The van der Waals surface area contributed by atoms with E-state index >= 15 is 0 Å². The van der Waals surface area contributed by atoms with Crippen LogP contribution in [0.1, 0.15) is 28.8 Å². The van der Waals surface area contributed by atoms with E-state index in [-0.39, 0.29) is 17.7 Å². The minimum atomic E-state index is -0.197. The van der Waals surface area contributed by atoms with Crippen molar-refractivity contribution in [1.29, 1.82) is 0 Å². The van der Waals surface area contributed by atoms with Crippen LogP contribution in [0.4, 0.5) is 0 Å². The van der Waals surface area contributed by atoms with Gasteiger partial charge in [-0.05, 0) is 54.8 Å². The van der Waals surface area contributed by atoms with E-state index in [0.29, 0.717) is 43.4 Å². The van der Waals surface area contributed by atoms with Crippen LogP contribution in [0.3, 0.4) is 0 Å². The first-order chi connectivity index (χ1) is 14.5. The zero-order valence-corrected chi connectivity index (χ0v) is 17.7. The second-order valence-corrected chi connectivity index (χ2v) is 8.21. The number of hydrogen-bond donors (Lipinski definition) is 0. The average Bonchev–Trinajstić information content (AvgIpc) is 2.78. The van der Waals surface area contributed by atoms with Crippen molar-refractivity contribution in [1.82, 2.24) is 9.80 Å². The van der Waals surface area contributed by atoms with Gasteiger partial charge in [0.15, 0.2) is 11.5 Å². The van der Waals surface area contributed by atoms with Crippen LogP contribution >= 0.6 is 11.6 Å². The van der Waals surface area contributed by atoms with Crippen LogP contribution in [0.2, 0.25) is 5.02 Å². The number of carbonyl (C=O) groups is 2. The highest BCUT2D eigenvalue weighted by Crippen LogP contribution is 2.31. The normalized spacial score (nSPS) is 18.1. The number of benzene rings is 2. The fourth-order valence-electron chi connectivity index (χ4n) is 3.99. The van der Waals surface area contributed by atoms with Crippen LogP contribution in [0.25, 0.3) is 0 Å². The molecule has 2 amide bonds. The molecule has 0 aliphatic carbocycles. The summed E-state index contributed by atoms with van der Waals surface area (Å²) in [6, 6.07) is 12.6. The summed E-state index contributed by atoms with van der Waals surface area (Å²) in [6.45, 7) is 2.67. The molecule has 0 N–H and O–H groups in total. The van der Waals surface area contributed by atoms with Crippen molar-refractivity contribution in [3.8, 4) is 11.5 Å². The van der Waals surface area contributed by atoms with E-state index in [1.165, 1.54) is 0 Å². The molecule has 158 valence electrons. The van der Waals surface area contributed by atoms with Gasteiger partial charge in [0, 0.05) is 37.3 Å². The minimum absolute atomic E-state index is 0.0542. The Morgan fingerprint density at radius 1 is 1.10 bits per heavy atom. The third-order valence-corrected chi connectivity index (χ3v) is 5.80. The quantitative estimate of drug-likeness (QED) is 0.746. The fraction of sp³-hybridized carbons (Fsp3) is 0.391. The highest BCUT2D eigenvalue weighted by molar-refractivity contribution is 6.30. The number of likely N-dealkylation sites (tertiary alicyclic amines) is 1. The Kier molecular flexibility index (Phi) is 6.13. The van der Waals surface area contributed by atoms with E-state index in [2.05, 4.69) is 0 Å². The maximum Gasteiger partial charge on any atom is 0.253 e. The summed E-state index contributed by atoms with van der Waals surface area (Å²) in [7, 11) is 1.80. The predicted octanol–water partition coefficient (Wildman–Crippen LogP) is 3.62. The van der Waals surface area contributed by atoms with E-state index in [1.54, 1.807) is 41.1 Å². The molecule has 1 atom stereocenters. The van der Waals surface area contributed by atoms with Gasteiger partial charge in [-0.25, -0.2) is 0 Å². The Morgan fingerprint density at radius 2 is 1.83 bits per heavy atom. The average molecular weight is 429 g/mol. The molecule has 2 heterocycles. The van der Waals surface area contributed by atoms with Crippen LogP contribution in [-0.2, 0) is 11.3 Å². The third kappa shape index (κ3) is 4.54. The second kappa shape index (κ2) is 8.96. The van der Waals surface area contributed by atoms with Crippen molar-refractivity contribution in [2.75, 3.05) is 33.4 Å². The summed E-state index contributed by atoms with van der Waals surface area (Å²) >= 11 is 5.92. The number of ether oxygens (including phenoxy) is 2. The number of piperidine rings is 1. The Morgan fingerprint density at radius 3 is 2.60 bits per heavy atom. The van der Waals surface area contributed by atoms with Crippen molar-refractivity contribution < 1.29 is 19.1 Å². The van der Waals surface area contributed by atoms with E-state index in [0.717, 1.165) is 29.9 Å². The maximum atomic E-state index is 13.1. The van der Waals surface area contributed by atoms with Crippen molar-refractivity contribution >= 4 is 23.4 Å². The summed E-state index contributed by atoms with van der Waals surface area (Å²) in [6.07, 6.45) is 1.60. The van der Waals surface area contributed by atoms with Gasteiger partial charge in [0.05, 0.1) is 5.92 Å². The summed E-state index contributed by atoms with van der Waals surface area (Å²) in [5, 5.41) is 0.596. The second-order valence-electron chi connectivity index (χ2n) is 7.77. The molecule has 1 unspecified atom stereocenters. The molecule has 0 bridgehead atoms. The van der Waals surface area contributed by atoms with Crippen LogP contribution in [0.5, 0.6) is 11.5 Å². The molecule has 2 aliphatic heterocycles. The van der Waals surface area contributed by atoms with E-state index in [1.807, 2.05) is 18.2 Å². The minimum Gasteiger partial charge on any atom is -0.486 e. The number of carbonyl (C=O) groups excluding carboxylic acids is 2. The monoisotopic (exact) mass is 428 g/mol. The van der Waals surface area contributed by atoms with Gasteiger partial charge >= 0.3 is 0 Å². The number of halogens is 1. The lowest BCUT2D eigenvalue weighted by molar-refractivity contribution is -0.136. The van der Waals surface area contributed by atoms with Gasteiger partial charge in [-0.2, -0.15) is 0 Å². The van der Waals surface area contributed by atoms with Gasteiger partial charge in [-0.3, -0.25) is 9.59 Å². The topological polar surface area (TPSA) is 59.1 Å². The van der Waals surface area contributed by atoms with Crippen LogP contribution in [0.15, 0.2) is 42.5 Å². The molecule has 2 aliphatic rings. The lowest BCUT2D eigenvalue weighted by Gasteiger charge is -2.34. The Labute approximate surface area is 181 Å². The van der Waals surface area contributed by atoms with E-state index in [9.17, 15) is 9.59 Å². The first-order valence-corrected chi connectivity index (χ1v) is 10.6. The standard InChI is InChI=1S/C23H25ClN2O4/c1-25(14-16-4-9-20-21(13-16)30-12-11-29-20)22(27)18-3-2-10-26(15-18)23(28)17-5-7-19(24)8-6-17/h4-9,13,18H,2-3,10-12,14-15H2,1H3. The van der Waals surface area contributed by atoms with Crippen molar-refractivity contribution in [2.45, 2.75) is 19.4 Å². The highest BCUT2D eigenvalue weighted by Gasteiger charge is 2.30. The van der Waals surface area contributed by atoms with Crippen LogP contribution in [0, 0.1) is 5.92 Å². The smallest absolute Gasteiger partial charge is 0.253 e. The molecule has 2 aromatic carbocycles. The van der Waals surface area contributed by atoms with Crippen molar-refractivity contribution in [3.63, 3.8) is 0 Å². The molecule has 1 fully saturated rings. The lowest BCUT2D eigenvalue weighted by Crippen LogP contribution is -2.45. The molecule has 2 aromatic rings. The van der Waals surface area contributed by atoms with Crippen LogP contribution in [-0.4, -0.2) is 55.0 Å². The molecule has 0 saturated carbocycles. The van der Waals surface area contributed by atoms with Gasteiger partial charge in [0.2, 0.25) is 5.91 Å². The molecular weight excluding hydrogens is 404 g/mol. The van der Waals surface area contributed by atoms with E-state index < -0.39 is 0 Å².